The zero-order valence-electron chi connectivity index (χ0n) is 13.8. The van der Waals surface area contributed by atoms with Crippen LogP contribution in [-0.2, 0) is 10.2 Å². The van der Waals surface area contributed by atoms with Crippen LogP contribution in [0.4, 0.5) is 0 Å². The van der Waals surface area contributed by atoms with E-state index in [1.807, 2.05) is 43.3 Å². The third kappa shape index (κ3) is 3.13. The summed E-state index contributed by atoms with van der Waals surface area (Å²) in [6.07, 6.45) is 6.64. The van der Waals surface area contributed by atoms with Crippen LogP contribution in [0.1, 0.15) is 49.7 Å². The second kappa shape index (κ2) is 6.86. The van der Waals surface area contributed by atoms with Crippen molar-refractivity contribution in [2.24, 2.45) is 0 Å². The third-order valence-electron chi connectivity index (χ3n) is 5.08. The highest BCUT2D eigenvalue weighted by atomic mass is 35.5. The molecule has 0 bridgehead atoms. The summed E-state index contributed by atoms with van der Waals surface area (Å²) < 4.78 is 0. The SMILES string of the molecule is CC(CC(=N)C(=O)C1(c2ccc(Cl)cc2)CCC1)c1cccnc1. The maximum absolute atomic E-state index is 13.0. The van der Waals surface area contributed by atoms with Crippen molar-refractivity contribution in [3.8, 4) is 0 Å². The molecule has 4 heteroatoms. The Bertz CT molecular complexity index is 736. The number of hydrogen-bond donors (Lipinski definition) is 1. The molecule has 1 aliphatic carbocycles. The molecule has 0 saturated heterocycles. The molecule has 3 nitrogen and oxygen atoms in total. The van der Waals surface area contributed by atoms with Gasteiger partial charge in [-0.3, -0.25) is 9.78 Å². The molecule has 1 saturated carbocycles. The number of nitrogens with zero attached hydrogens (tertiary/aromatic N) is 1. The molecule has 1 fully saturated rings. The summed E-state index contributed by atoms with van der Waals surface area (Å²) >= 11 is 5.97. The Morgan fingerprint density at radius 2 is 2.00 bits per heavy atom. The molecule has 0 spiro atoms. The maximum atomic E-state index is 13.0. The normalized spacial score (nSPS) is 16.9. The summed E-state index contributed by atoms with van der Waals surface area (Å²) in [5.74, 6) is 0.0734. The molecule has 1 aromatic heterocycles. The van der Waals surface area contributed by atoms with E-state index >= 15 is 0 Å². The fourth-order valence-electron chi connectivity index (χ4n) is 3.42. The van der Waals surface area contributed by atoms with Crippen molar-refractivity contribution in [1.82, 2.24) is 4.98 Å². The van der Waals surface area contributed by atoms with Gasteiger partial charge >= 0.3 is 0 Å². The van der Waals surface area contributed by atoms with Crippen LogP contribution in [0.15, 0.2) is 48.8 Å². The average Bonchev–Trinajstić information content (AvgIpc) is 2.56. The van der Waals surface area contributed by atoms with Crippen LogP contribution in [0.25, 0.3) is 0 Å². The number of aromatic nitrogens is 1. The highest BCUT2D eigenvalue weighted by Crippen LogP contribution is 2.45. The van der Waals surface area contributed by atoms with Gasteiger partial charge in [0.25, 0.3) is 0 Å². The summed E-state index contributed by atoms with van der Waals surface area (Å²) in [5, 5.41) is 9.03. The van der Waals surface area contributed by atoms with Crippen molar-refractivity contribution in [1.29, 1.82) is 5.41 Å². The van der Waals surface area contributed by atoms with E-state index in [1.54, 1.807) is 12.4 Å². The molecule has 0 radical (unpaired) electrons. The van der Waals surface area contributed by atoms with Crippen molar-refractivity contribution >= 4 is 23.1 Å². The minimum absolute atomic E-state index is 0.0354. The van der Waals surface area contributed by atoms with Gasteiger partial charge in [-0.1, -0.05) is 43.1 Å². The first kappa shape index (κ1) is 16.8. The summed E-state index contributed by atoms with van der Waals surface area (Å²) in [4.78, 5) is 17.1. The van der Waals surface area contributed by atoms with E-state index in [9.17, 15) is 4.79 Å². The van der Waals surface area contributed by atoms with Gasteiger partial charge in [0.15, 0.2) is 5.78 Å². The molecule has 1 aromatic carbocycles. The van der Waals surface area contributed by atoms with Crippen molar-refractivity contribution in [3.63, 3.8) is 0 Å². The van der Waals surface area contributed by atoms with Crippen LogP contribution < -0.4 is 0 Å². The standard InChI is InChI=1S/C20H21ClN2O/c1-14(15-4-2-11-23-13-15)12-18(22)19(24)20(9-3-10-20)16-5-7-17(21)8-6-16/h2,4-8,11,13-14,22H,3,9-10,12H2,1H3. The number of carbonyl (C=O) groups is 1. The molecule has 0 aliphatic heterocycles. The lowest BCUT2D eigenvalue weighted by molar-refractivity contribution is -0.121. The largest absolute Gasteiger partial charge is 0.302 e. The number of halogens is 1. The molecule has 124 valence electrons. The molecule has 1 aliphatic rings. The number of Topliss-reactive ketones (excluding diaryl/α,β-unsaturated/α-hetero) is 1. The molecule has 0 amide bonds. The van der Waals surface area contributed by atoms with Gasteiger partial charge in [0.1, 0.15) is 0 Å². The minimum atomic E-state index is -0.518. The Morgan fingerprint density at radius 3 is 2.54 bits per heavy atom. The second-order valence-electron chi connectivity index (χ2n) is 6.64. The molecule has 2 aromatic rings. The Morgan fingerprint density at radius 1 is 1.29 bits per heavy atom. The first-order valence-corrected chi connectivity index (χ1v) is 8.69. The van der Waals surface area contributed by atoms with E-state index in [0.29, 0.717) is 11.4 Å². The van der Waals surface area contributed by atoms with E-state index in [1.165, 1.54) is 0 Å². The first-order chi connectivity index (χ1) is 11.5. The van der Waals surface area contributed by atoms with Gasteiger partial charge in [0.2, 0.25) is 0 Å². The van der Waals surface area contributed by atoms with Gasteiger partial charge in [-0.05, 0) is 54.5 Å². The Hall–Kier alpha value is -2.00. The molecule has 24 heavy (non-hydrogen) atoms. The van der Waals surface area contributed by atoms with Gasteiger partial charge in [-0.15, -0.1) is 0 Å². The monoisotopic (exact) mass is 340 g/mol. The number of ketones is 1. The number of nitrogens with one attached hydrogen (secondary N) is 1. The van der Waals surface area contributed by atoms with Crippen LogP contribution >= 0.6 is 11.6 Å². The van der Waals surface area contributed by atoms with Crippen molar-refractivity contribution in [2.75, 3.05) is 0 Å². The third-order valence-corrected chi connectivity index (χ3v) is 5.33. The fourth-order valence-corrected chi connectivity index (χ4v) is 3.55. The molecule has 3 rings (SSSR count). The smallest absolute Gasteiger partial charge is 0.186 e. The second-order valence-corrected chi connectivity index (χ2v) is 7.08. The number of pyridine rings is 1. The van der Waals surface area contributed by atoms with Crippen molar-refractivity contribution in [3.05, 3.63) is 64.9 Å². The highest BCUT2D eigenvalue weighted by molar-refractivity contribution is 6.42. The zero-order valence-corrected chi connectivity index (χ0v) is 14.5. The Kier molecular flexibility index (Phi) is 4.81. The van der Waals surface area contributed by atoms with Gasteiger partial charge in [0.05, 0.1) is 11.1 Å². The quantitative estimate of drug-likeness (QED) is 0.757. The molecule has 1 N–H and O–H groups in total. The first-order valence-electron chi connectivity index (χ1n) is 8.31. The topological polar surface area (TPSA) is 53.8 Å². The zero-order chi connectivity index (χ0) is 17.2. The number of carbonyl (C=O) groups excluding carboxylic acids is 1. The Balaban J connectivity index is 1.76. The molecule has 1 heterocycles. The predicted octanol–water partition coefficient (Wildman–Crippen LogP) is 4.94. The molecule has 1 atom stereocenters. The molecule has 1 unspecified atom stereocenters. The summed E-state index contributed by atoms with van der Waals surface area (Å²) in [5.41, 5.74) is 1.74. The summed E-state index contributed by atoms with van der Waals surface area (Å²) in [6, 6.07) is 11.4. The van der Waals surface area contributed by atoms with Crippen molar-refractivity contribution in [2.45, 2.75) is 43.9 Å². The van der Waals surface area contributed by atoms with Gasteiger partial charge < -0.3 is 5.41 Å². The van der Waals surface area contributed by atoms with Crippen LogP contribution in [0, 0.1) is 5.41 Å². The summed E-state index contributed by atoms with van der Waals surface area (Å²) in [6.45, 7) is 2.04. The lowest BCUT2D eigenvalue weighted by Crippen LogP contribution is -2.46. The van der Waals surface area contributed by atoms with Gasteiger partial charge in [-0.2, -0.15) is 0 Å². The Labute approximate surface area is 147 Å². The highest BCUT2D eigenvalue weighted by Gasteiger charge is 2.46. The van der Waals surface area contributed by atoms with E-state index in [4.69, 9.17) is 17.0 Å². The molecular weight excluding hydrogens is 320 g/mol. The lowest BCUT2D eigenvalue weighted by atomic mass is 9.60. The van der Waals surface area contributed by atoms with E-state index < -0.39 is 5.41 Å². The van der Waals surface area contributed by atoms with Gasteiger partial charge in [-0.25, -0.2) is 0 Å². The van der Waals surface area contributed by atoms with Crippen LogP contribution in [-0.4, -0.2) is 16.5 Å². The lowest BCUT2D eigenvalue weighted by Gasteiger charge is -2.41. The van der Waals surface area contributed by atoms with Crippen LogP contribution in [0.2, 0.25) is 5.02 Å². The molecular formula is C20H21ClN2O. The average molecular weight is 341 g/mol. The fraction of sp³-hybridized carbons (Fsp3) is 0.350. The predicted molar refractivity (Wildman–Crippen MR) is 97.0 cm³/mol. The van der Waals surface area contributed by atoms with Crippen molar-refractivity contribution < 1.29 is 4.79 Å². The van der Waals surface area contributed by atoms with E-state index in [0.717, 1.165) is 30.4 Å². The van der Waals surface area contributed by atoms with Crippen LogP contribution in [0.3, 0.4) is 0 Å². The minimum Gasteiger partial charge on any atom is -0.302 e. The van der Waals surface area contributed by atoms with Gasteiger partial charge in [0, 0.05) is 17.4 Å². The number of rotatable bonds is 6. The van der Waals surface area contributed by atoms with Crippen LogP contribution in [0.5, 0.6) is 0 Å². The number of benzene rings is 1. The maximum Gasteiger partial charge on any atom is 0.186 e. The van der Waals surface area contributed by atoms with E-state index in [-0.39, 0.29) is 17.4 Å². The summed E-state index contributed by atoms with van der Waals surface area (Å²) in [7, 11) is 0. The van der Waals surface area contributed by atoms with E-state index in [2.05, 4.69) is 4.98 Å². The number of hydrogen-bond acceptors (Lipinski definition) is 3.